The monoisotopic (exact) mass is 254 g/mol. The maximum atomic E-state index is 13.2. The van der Waals surface area contributed by atoms with E-state index in [1.54, 1.807) is 6.07 Å². The van der Waals surface area contributed by atoms with Crippen LogP contribution in [0.5, 0.6) is 0 Å². The highest BCUT2D eigenvalue weighted by Crippen LogP contribution is 2.17. The molecule has 1 atom stereocenters. The third kappa shape index (κ3) is 4.63. The summed E-state index contributed by atoms with van der Waals surface area (Å²) in [6.45, 7) is 5.75. The SMILES string of the molecule is CC(C)C(O)CN(CCCN)c1cccc(F)c1. The van der Waals surface area contributed by atoms with Crippen molar-refractivity contribution in [1.29, 1.82) is 0 Å². The van der Waals surface area contributed by atoms with Gasteiger partial charge in [0.25, 0.3) is 0 Å². The summed E-state index contributed by atoms with van der Waals surface area (Å²) in [6.07, 6.45) is 0.396. The molecular weight excluding hydrogens is 231 g/mol. The van der Waals surface area contributed by atoms with Gasteiger partial charge in [0.05, 0.1) is 6.10 Å². The van der Waals surface area contributed by atoms with Gasteiger partial charge >= 0.3 is 0 Å². The normalized spacial score (nSPS) is 12.8. The zero-order chi connectivity index (χ0) is 13.5. The quantitative estimate of drug-likeness (QED) is 0.782. The fraction of sp³-hybridized carbons (Fsp3) is 0.571. The van der Waals surface area contributed by atoms with Crippen molar-refractivity contribution < 1.29 is 9.50 Å². The molecule has 0 spiro atoms. The van der Waals surface area contributed by atoms with Crippen LogP contribution in [0.3, 0.4) is 0 Å². The Bertz CT molecular complexity index is 357. The van der Waals surface area contributed by atoms with Gasteiger partial charge in [-0.1, -0.05) is 19.9 Å². The molecule has 0 heterocycles. The average Bonchev–Trinajstić information content (AvgIpc) is 2.34. The lowest BCUT2D eigenvalue weighted by atomic mass is 10.1. The van der Waals surface area contributed by atoms with E-state index in [-0.39, 0.29) is 11.7 Å². The smallest absolute Gasteiger partial charge is 0.125 e. The molecule has 0 fully saturated rings. The molecule has 1 aromatic rings. The summed E-state index contributed by atoms with van der Waals surface area (Å²) in [5, 5.41) is 9.96. The van der Waals surface area contributed by atoms with E-state index in [9.17, 15) is 9.50 Å². The molecule has 4 heteroatoms. The standard InChI is InChI=1S/C14H23FN2O/c1-11(2)14(18)10-17(8-4-7-16)13-6-3-5-12(15)9-13/h3,5-6,9,11,14,18H,4,7-8,10,16H2,1-2H3. The topological polar surface area (TPSA) is 49.5 Å². The first-order chi connectivity index (χ1) is 8.54. The zero-order valence-corrected chi connectivity index (χ0v) is 11.1. The molecule has 0 radical (unpaired) electrons. The Kier molecular flexibility index (Phi) is 6.09. The van der Waals surface area contributed by atoms with Crippen LogP contribution in [0, 0.1) is 11.7 Å². The second kappa shape index (κ2) is 7.34. The lowest BCUT2D eigenvalue weighted by molar-refractivity contribution is 0.131. The lowest BCUT2D eigenvalue weighted by Gasteiger charge is -2.28. The Balaban J connectivity index is 2.77. The first kappa shape index (κ1) is 14.9. The van der Waals surface area contributed by atoms with Crippen LogP contribution in [0.15, 0.2) is 24.3 Å². The number of benzene rings is 1. The summed E-state index contributed by atoms with van der Waals surface area (Å²) in [7, 11) is 0. The van der Waals surface area contributed by atoms with E-state index in [0.29, 0.717) is 13.1 Å². The molecule has 0 aromatic heterocycles. The third-order valence-corrected chi connectivity index (χ3v) is 2.98. The van der Waals surface area contributed by atoms with E-state index in [2.05, 4.69) is 0 Å². The molecule has 0 aliphatic heterocycles. The number of halogens is 1. The average molecular weight is 254 g/mol. The maximum absolute atomic E-state index is 13.2. The minimum atomic E-state index is -0.425. The van der Waals surface area contributed by atoms with Crippen LogP contribution in [0.25, 0.3) is 0 Å². The van der Waals surface area contributed by atoms with E-state index < -0.39 is 6.10 Å². The first-order valence-corrected chi connectivity index (χ1v) is 6.43. The van der Waals surface area contributed by atoms with Crippen molar-refractivity contribution in [2.45, 2.75) is 26.4 Å². The van der Waals surface area contributed by atoms with Crippen LogP contribution in [-0.4, -0.2) is 30.8 Å². The van der Waals surface area contributed by atoms with Crippen molar-refractivity contribution in [1.82, 2.24) is 0 Å². The van der Waals surface area contributed by atoms with Gasteiger partial charge in [-0.3, -0.25) is 0 Å². The van der Waals surface area contributed by atoms with Crippen molar-refractivity contribution in [3.8, 4) is 0 Å². The molecule has 0 saturated carbocycles. The fourth-order valence-electron chi connectivity index (χ4n) is 1.72. The molecule has 0 amide bonds. The van der Waals surface area contributed by atoms with Crippen molar-refractivity contribution >= 4 is 5.69 Å². The molecule has 0 aliphatic rings. The number of aliphatic hydroxyl groups is 1. The van der Waals surface area contributed by atoms with Crippen molar-refractivity contribution in [3.63, 3.8) is 0 Å². The number of nitrogens with zero attached hydrogens (tertiary/aromatic N) is 1. The van der Waals surface area contributed by atoms with E-state index in [4.69, 9.17) is 5.73 Å². The molecular formula is C14H23FN2O. The van der Waals surface area contributed by atoms with Crippen LogP contribution >= 0.6 is 0 Å². The highest BCUT2D eigenvalue weighted by Gasteiger charge is 2.15. The van der Waals surface area contributed by atoms with E-state index in [1.807, 2.05) is 24.8 Å². The van der Waals surface area contributed by atoms with E-state index >= 15 is 0 Å². The second-order valence-electron chi connectivity index (χ2n) is 4.88. The minimum absolute atomic E-state index is 0.180. The van der Waals surface area contributed by atoms with Crippen LogP contribution in [0.4, 0.5) is 10.1 Å². The number of hydrogen-bond acceptors (Lipinski definition) is 3. The first-order valence-electron chi connectivity index (χ1n) is 6.43. The summed E-state index contributed by atoms with van der Waals surface area (Å²) in [4.78, 5) is 1.99. The Morgan fingerprint density at radius 3 is 2.67 bits per heavy atom. The van der Waals surface area contributed by atoms with Crippen LogP contribution < -0.4 is 10.6 Å². The van der Waals surface area contributed by atoms with Gasteiger partial charge in [0.2, 0.25) is 0 Å². The number of rotatable bonds is 7. The molecule has 18 heavy (non-hydrogen) atoms. The number of aliphatic hydroxyl groups excluding tert-OH is 1. The molecule has 3 nitrogen and oxygen atoms in total. The molecule has 1 rings (SSSR count). The summed E-state index contributed by atoms with van der Waals surface area (Å²) < 4.78 is 13.2. The van der Waals surface area contributed by atoms with Gasteiger partial charge in [-0.05, 0) is 37.1 Å². The van der Waals surface area contributed by atoms with Gasteiger partial charge in [-0.2, -0.15) is 0 Å². The molecule has 3 N–H and O–H groups in total. The van der Waals surface area contributed by atoms with Crippen LogP contribution in [0.2, 0.25) is 0 Å². The van der Waals surface area contributed by atoms with Gasteiger partial charge in [-0.15, -0.1) is 0 Å². The fourth-order valence-corrected chi connectivity index (χ4v) is 1.72. The number of anilines is 1. The summed E-state index contributed by atoms with van der Waals surface area (Å²) in [5.74, 6) is -0.0804. The van der Waals surface area contributed by atoms with Gasteiger partial charge in [-0.25, -0.2) is 4.39 Å². The predicted octanol–water partition coefficient (Wildman–Crippen LogP) is 2.00. The van der Waals surface area contributed by atoms with Gasteiger partial charge in [0, 0.05) is 18.8 Å². The predicted molar refractivity (Wildman–Crippen MR) is 73.1 cm³/mol. The Morgan fingerprint density at radius 2 is 2.11 bits per heavy atom. The third-order valence-electron chi connectivity index (χ3n) is 2.98. The number of nitrogens with two attached hydrogens (primary N) is 1. The van der Waals surface area contributed by atoms with Gasteiger partial charge in [0.15, 0.2) is 0 Å². The maximum Gasteiger partial charge on any atom is 0.125 e. The van der Waals surface area contributed by atoms with E-state index in [1.165, 1.54) is 12.1 Å². The number of hydrogen-bond donors (Lipinski definition) is 2. The van der Waals surface area contributed by atoms with Gasteiger partial charge in [0.1, 0.15) is 5.82 Å². The summed E-state index contributed by atoms with van der Waals surface area (Å²) >= 11 is 0. The highest BCUT2D eigenvalue weighted by molar-refractivity contribution is 5.46. The molecule has 1 unspecified atom stereocenters. The van der Waals surface area contributed by atoms with E-state index in [0.717, 1.165) is 18.7 Å². The Hall–Kier alpha value is -1.13. The zero-order valence-electron chi connectivity index (χ0n) is 11.1. The Morgan fingerprint density at radius 1 is 1.39 bits per heavy atom. The Labute approximate surface area is 108 Å². The van der Waals surface area contributed by atoms with Crippen LogP contribution in [0.1, 0.15) is 20.3 Å². The second-order valence-corrected chi connectivity index (χ2v) is 4.88. The lowest BCUT2D eigenvalue weighted by Crippen LogP contribution is -2.36. The molecule has 0 bridgehead atoms. The minimum Gasteiger partial charge on any atom is -0.391 e. The summed E-state index contributed by atoms with van der Waals surface area (Å²) in [6, 6.07) is 6.45. The molecule has 1 aromatic carbocycles. The van der Waals surface area contributed by atoms with Crippen molar-refractivity contribution in [3.05, 3.63) is 30.1 Å². The summed E-state index contributed by atoms with van der Waals surface area (Å²) in [5.41, 5.74) is 6.31. The van der Waals surface area contributed by atoms with Crippen LogP contribution in [-0.2, 0) is 0 Å². The highest BCUT2D eigenvalue weighted by atomic mass is 19.1. The molecule has 0 aliphatic carbocycles. The largest absolute Gasteiger partial charge is 0.391 e. The van der Waals surface area contributed by atoms with Crippen molar-refractivity contribution in [2.24, 2.45) is 11.7 Å². The molecule has 102 valence electrons. The molecule has 0 saturated heterocycles. The van der Waals surface area contributed by atoms with Crippen molar-refractivity contribution in [2.75, 3.05) is 24.5 Å². The van der Waals surface area contributed by atoms with Gasteiger partial charge < -0.3 is 15.7 Å².